The lowest BCUT2D eigenvalue weighted by Gasteiger charge is -2.23. The van der Waals surface area contributed by atoms with E-state index in [9.17, 15) is 4.79 Å². The molecule has 0 aliphatic carbocycles. The lowest BCUT2D eigenvalue weighted by molar-refractivity contribution is 0.220. The first-order valence-corrected chi connectivity index (χ1v) is 8.84. The van der Waals surface area contributed by atoms with Crippen molar-refractivity contribution >= 4 is 17.4 Å². The van der Waals surface area contributed by atoms with Crippen molar-refractivity contribution in [1.82, 2.24) is 14.9 Å². The molecule has 1 fully saturated rings. The molecular weight excluding hydrogens is 314 g/mol. The minimum Gasteiger partial charge on any atom is -0.371 e. The third kappa shape index (κ3) is 4.92. The summed E-state index contributed by atoms with van der Waals surface area (Å²) in [6.45, 7) is 2.60. The monoisotopic (exact) mass is 339 g/mol. The van der Waals surface area contributed by atoms with Gasteiger partial charge in [-0.2, -0.15) is 0 Å². The van der Waals surface area contributed by atoms with Crippen molar-refractivity contribution < 1.29 is 4.79 Å². The van der Waals surface area contributed by atoms with Crippen LogP contribution in [0.1, 0.15) is 31.4 Å². The van der Waals surface area contributed by atoms with Crippen molar-refractivity contribution in [2.75, 3.05) is 30.4 Å². The number of nitrogens with one attached hydrogen (secondary N) is 1. The summed E-state index contributed by atoms with van der Waals surface area (Å²) >= 11 is 0. The fourth-order valence-electron chi connectivity index (χ4n) is 3.05. The van der Waals surface area contributed by atoms with Crippen LogP contribution >= 0.6 is 0 Å². The zero-order valence-electron chi connectivity index (χ0n) is 14.7. The molecule has 25 heavy (non-hydrogen) atoms. The fourth-order valence-corrected chi connectivity index (χ4v) is 3.05. The van der Waals surface area contributed by atoms with Gasteiger partial charge in [-0.05, 0) is 31.0 Å². The van der Waals surface area contributed by atoms with Gasteiger partial charge in [-0.25, -0.2) is 4.79 Å². The summed E-state index contributed by atoms with van der Waals surface area (Å²) < 4.78 is 0. The predicted octanol–water partition coefficient (Wildman–Crippen LogP) is 3.52. The minimum absolute atomic E-state index is 0.154. The second-order valence-corrected chi connectivity index (χ2v) is 6.43. The Morgan fingerprint density at radius 2 is 2.00 bits per heavy atom. The van der Waals surface area contributed by atoms with E-state index in [4.69, 9.17) is 0 Å². The molecule has 2 amide bonds. The standard InChI is InChI=1S/C19H25N5O/c1-23(15-17-14-20-9-10-21-17)19(25)22-16-7-6-8-18(13-16)24-11-4-2-3-5-12-24/h6-10,13-14H,2-5,11-12,15H2,1H3,(H,22,25). The van der Waals surface area contributed by atoms with Gasteiger partial charge in [-0.1, -0.05) is 18.9 Å². The Balaban J connectivity index is 1.62. The van der Waals surface area contributed by atoms with Crippen LogP contribution in [0.2, 0.25) is 0 Å². The van der Waals surface area contributed by atoms with Crippen molar-refractivity contribution in [3.63, 3.8) is 0 Å². The predicted molar refractivity (Wildman–Crippen MR) is 99.6 cm³/mol. The molecule has 0 saturated carbocycles. The molecule has 0 unspecified atom stereocenters. The van der Waals surface area contributed by atoms with Gasteiger partial charge in [0.2, 0.25) is 0 Å². The van der Waals surface area contributed by atoms with Gasteiger partial charge < -0.3 is 15.1 Å². The molecule has 0 radical (unpaired) electrons. The van der Waals surface area contributed by atoms with Crippen LogP contribution in [-0.4, -0.2) is 41.0 Å². The molecule has 0 spiro atoms. The Bertz CT molecular complexity index is 683. The molecule has 1 N–H and O–H groups in total. The Morgan fingerprint density at radius 3 is 2.72 bits per heavy atom. The van der Waals surface area contributed by atoms with Gasteiger partial charge in [-0.15, -0.1) is 0 Å². The summed E-state index contributed by atoms with van der Waals surface area (Å²) in [5, 5.41) is 2.97. The maximum Gasteiger partial charge on any atom is 0.321 e. The van der Waals surface area contributed by atoms with E-state index in [0.717, 1.165) is 24.5 Å². The van der Waals surface area contributed by atoms with E-state index in [2.05, 4.69) is 32.3 Å². The minimum atomic E-state index is -0.154. The van der Waals surface area contributed by atoms with Gasteiger partial charge >= 0.3 is 6.03 Å². The SMILES string of the molecule is CN(Cc1cnccn1)C(=O)Nc1cccc(N2CCCCCC2)c1. The van der Waals surface area contributed by atoms with Crippen LogP contribution in [0.25, 0.3) is 0 Å². The zero-order chi connectivity index (χ0) is 17.5. The van der Waals surface area contributed by atoms with E-state index < -0.39 is 0 Å². The molecule has 0 bridgehead atoms. The van der Waals surface area contributed by atoms with E-state index >= 15 is 0 Å². The number of carbonyl (C=O) groups excluding carboxylic acids is 1. The number of nitrogens with zero attached hydrogens (tertiary/aromatic N) is 4. The normalized spacial score (nSPS) is 14.7. The van der Waals surface area contributed by atoms with Crippen LogP contribution in [0.5, 0.6) is 0 Å². The number of carbonyl (C=O) groups is 1. The summed E-state index contributed by atoms with van der Waals surface area (Å²) in [5.74, 6) is 0. The van der Waals surface area contributed by atoms with Gasteiger partial charge in [0.25, 0.3) is 0 Å². The molecular formula is C19H25N5O. The number of hydrogen-bond acceptors (Lipinski definition) is 4. The Hall–Kier alpha value is -2.63. The van der Waals surface area contributed by atoms with Crippen molar-refractivity contribution in [1.29, 1.82) is 0 Å². The van der Waals surface area contributed by atoms with Gasteiger partial charge in [-0.3, -0.25) is 9.97 Å². The van der Waals surface area contributed by atoms with E-state index in [-0.39, 0.29) is 6.03 Å². The van der Waals surface area contributed by atoms with E-state index in [1.807, 2.05) is 12.1 Å². The van der Waals surface area contributed by atoms with E-state index in [1.165, 1.54) is 31.4 Å². The molecule has 1 aliphatic rings. The van der Waals surface area contributed by atoms with Gasteiger partial charge in [0.1, 0.15) is 0 Å². The van der Waals surface area contributed by atoms with E-state index in [0.29, 0.717) is 6.54 Å². The molecule has 1 saturated heterocycles. The summed E-state index contributed by atoms with van der Waals surface area (Å²) in [4.78, 5) is 24.6. The van der Waals surface area contributed by atoms with Crippen molar-refractivity contribution in [2.24, 2.45) is 0 Å². The molecule has 1 aromatic carbocycles. The number of amides is 2. The van der Waals surface area contributed by atoms with Crippen molar-refractivity contribution in [3.8, 4) is 0 Å². The number of benzene rings is 1. The maximum atomic E-state index is 12.4. The lowest BCUT2D eigenvalue weighted by Crippen LogP contribution is -2.31. The van der Waals surface area contributed by atoms with Crippen molar-refractivity contribution in [2.45, 2.75) is 32.2 Å². The summed E-state index contributed by atoms with van der Waals surface area (Å²) in [6, 6.07) is 7.94. The Morgan fingerprint density at radius 1 is 1.20 bits per heavy atom. The molecule has 2 aromatic rings. The molecule has 132 valence electrons. The second kappa shape index (κ2) is 8.46. The lowest BCUT2D eigenvalue weighted by atomic mass is 10.2. The quantitative estimate of drug-likeness (QED) is 0.926. The third-order valence-corrected chi connectivity index (χ3v) is 4.43. The summed E-state index contributed by atoms with van der Waals surface area (Å²) in [5.41, 5.74) is 2.76. The first-order chi connectivity index (χ1) is 12.2. The van der Waals surface area contributed by atoms with Crippen LogP contribution < -0.4 is 10.2 Å². The largest absolute Gasteiger partial charge is 0.371 e. The molecule has 3 rings (SSSR count). The topological polar surface area (TPSA) is 61.4 Å². The average Bonchev–Trinajstić information content (AvgIpc) is 2.92. The highest BCUT2D eigenvalue weighted by Gasteiger charge is 2.13. The zero-order valence-corrected chi connectivity index (χ0v) is 14.7. The number of hydrogen-bond donors (Lipinski definition) is 1. The van der Waals surface area contributed by atoms with Crippen LogP contribution in [0.15, 0.2) is 42.9 Å². The van der Waals surface area contributed by atoms with Gasteiger partial charge in [0.15, 0.2) is 0 Å². The molecule has 0 atom stereocenters. The molecule has 1 aliphatic heterocycles. The molecule has 1 aromatic heterocycles. The maximum absolute atomic E-state index is 12.4. The third-order valence-electron chi connectivity index (χ3n) is 4.43. The van der Waals surface area contributed by atoms with Crippen LogP contribution in [0.3, 0.4) is 0 Å². The van der Waals surface area contributed by atoms with Crippen molar-refractivity contribution in [3.05, 3.63) is 48.5 Å². The Kier molecular flexibility index (Phi) is 5.82. The van der Waals surface area contributed by atoms with Gasteiger partial charge in [0, 0.05) is 43.9 Å². The molecule has 2 heterocycles. The second-order valence-electron chi connectivity index (χ2n) is 6.43. The number of urea groups is 1. The first kappa shape index (κ1) is 17.2. The highest BCUT2D eigenvalue weighted by molar-refractivity contribution is 5.89. The van der Waals surface area contributed by atoms with Crippen LogP contribution in [0, 0.1) is 0 Å². The summed E-state index contributed by atoms with van der Waals surface area (Å²) in [6.07, 6.45) is 10.0. The smallest absolute Gasteiger partial charge is 0.321 e. The average molecular weight is 339 g/mol. The number of aromatic nitrogens is 2. The number of anilines is 2. The summed E-state index contributed by atoms with van der Waals surface area (Å²) in [7, 11) is 1.75. The molecule has 6 nitrogen and oxygen atoms in total. The first-order valence-electron chi connectivity index (χ1n) is 8.84. The highest BCUT2D eigenvalue weighted by atomic mass is 16.2. The highest BCUT2D eigenvalue weighted by Crippen LogP contribution is 2.23. The number of rotatable bonds is 4. The van der Waals surface area contributed by atoms with Gasteiger partial charge in [0.05, 0.1) is 18.4 Å². The van der Waals surface area contributed by atoms with Crippen LogP contribution in [0.4, 0.5) is 16.2 Å². The fraction of sp³-hybridized carbons (Fsp3) is 0.421. The van der Waals surface area contributed by atoms with E-state index in [1.54, 1.807) is 30.5 Å². The molecule has 6 heteroatoms. The van der Waals surface area contributed by atoms with Crippen LogP contribution in [-0.2, 0) is 6.54 Å². The Labute approximate surface area is 148 Å².